The van der Waals surface area contributed by atoms with Crippen molar-refractivity contribution in [2.75, 3.05) is 12.4 Å². The number of aromatic nitrogens is 2. The first kappa shape index (κ1) is 24.2. The van der Waals surface area contributed by atoms with E-state index in [1.165, 1.54) is 0 Å². The standard InChI is InChI=1S/C29H27N3O5/c1-36-22-12-8-11-21(18-22)30-27(33)26(19-9-4-2-5-10-19)37-29(35)20-14-15-23-24(17-20)31-25-13-6-3-7-16-32(25)28(23)34/h2,4-5,8-12,14-15,17-18,26H,3,6-7,13,16H2,1H3,(H,30,33). The number of rotatable bonds is 6. The maximum Gasteiger partial charge on any atom is 0.339 e. The van der Waals surface area contributed by atoms with Gasteiger partial charge >= 0.3 is 5.97 Å². The number of carbonyl (C=O) groups excluding carboxylic acids is 2. The number of hydrogen-bond donors (Lipinski definition) is 1. The summed E-state index contributed by atoms with van der Waals surface area (Å²) in [5.74, 6) is 0.132. The number of anilines is 1. The summed E-state index contributed by atoms with van der Waals surface area (Å²) in [7, 11) is 1.54. The number of ether oxygens (including phenoxy) is 2. The zero-order chi connectivity index (χ0) is 25.8. The van der Waals surface area contributed by atoms with Gasteiger partial charge in [-0.3, -0.25) is 14.2 Å². The molecule has 0 bridgehead atoms. The monoisotopic (exact) mass is 497 g/mol. The first-order valence-corrected chi connectivity index (χ1v) is 12.3. The van der Waals surface area contributed by atoms with Crippen LogP contribution in [-0.4, -0.2) is 28.5 Å². The number of esters is 1. The van der Waals surface area contributed by atoms with Gasteiger partial charge in [-0.25, -0.2) is 9.78 Å². The first-order valence-electron chi connectivity index (χ1n) is 12.3. The fourth-order valence-electron chi connectivity index (χ4n) is 4.53. The summed E-state index contributed by atoms with van der Waals surface area (Å²) in [6, 6.07) is 20.4. The highest BCUT2D eigenvalue weighted by Crippen LogP contribution is 2.24. The normalized spacial score (nSPS) is 13.8. The van der Waals surface area contributed by atoms with Gasteiger partial charge in [0.05, 0.1) is 23.6 Å². The van der Waals surface area contributed by atoms with Gasteiger partial charge in [0, 0.05) is 30.3 Å². The molecular weight excluding hydrogens is 470 g/mol. The predicted octanol–water partition coefficient (Wildman–Crippen LogP) is 4.67. The minimum atomic E-state index is -1.19. The third-order valence-corrected chi connectivity index (χ3v) is 6.45. The van der Waals surface area contributed by atoms with E-state index in [-0.39, 0.29) is 11.1 Å². The van der Waals surface area contributed by atoms with Gasteiger partial charge in [0.15, 0.2) is 0 Å². The second-order valence-corrected chi connectivity index (χ2v) is 8.94. The summed E-state index contributed by atoms with van der Waals surface area (Å²) in [5.41, 5.74) is 1.61. The average molecular weight is 498 g/mol. The molecule has 0 fully saturated rings. The number of benzene rings is 3. The Morgan fingerprint density at radius 2 is 1.81 bits per heavy atom. The van der Waals surface area contributed by atoms with Crippen LogP contribution in [0.5, 0.6) is 5.75 Å². The summed E-state index contributed by atoms with van der Waals surface area (Å²) in [5, 5.41) is 3.25. The van der Waals surface area contributed by atoms with Crippen LogP contribution in [0.4, 0.5) is 5.69 Å². The second-order valence-electron chi connectivity index (χ2n) is 8.94. The number of nitrogens with one attached hydrogen (secondary N) is 1. The largest absolute Gasteiger partial charge is 0.497 e. The number of nitrogens with zero attached hydrogens (tertiary/aromatic N) is 2. The van der Waals surface area contributed by atoms with Crippen molar-refractivity contribution in [1.29, 1.82) is 0 Å². The van der Waals surface area contributed by atoms with Crippen LogP contribution in [0.15, 0.2) is 77.6 Å². The lowest BCUT2D eigenvalue weighted by Crippen LogP contribution is -2.26. The molecule has 0 saturated heterocycles. The lowest BCUT2D eigenvalue weighted by atomic mass is 10.1. The van der Waals surface area contributed by atoms with Crippen LogP contribution in [0.1, 0.15) is 47.1 Å². The molecule has 1 N–H and O–H groups in total. The third-order valence-electron chi connectivity index (χ3n) is 6.45. The highest BCUT2D eigenvalue weighted by Gasteiger charge is 2.26. The Labute approximate surface area is 213 Å². The lowest BCUT2D eigenvalue weighted by molar-refractivity contribution is -0.125. The Hall–Kier alpha value is -4.46. The van der Waals surface area contributed by atoms with Crippen LogP contribution in [0.3, 0.4) is 0 Å². The number of amides is 1. The van der Waals surface area contributed by atoms with E-state index in [1.54, 1.807) is 78.4 Å². The molecule has 37 heavy (non-hydrogen) atoms. The molecular formula is C29H27N3O5. The van der Waals surface area contributed by atoms with Crippen molar-refractivity contribution in [3.05, 3.63) is 100 Å². The number of carbonyl (C=O) groups is 2. The molecule has 2 heterocycles. The Balaban J connectivity index is 1.44. The van der Waals surface area contributed by atoms with Crippen molar-refractivity contribution in [3.63, 3.8) is 0 Å². The molecule has 3 aromatic carbocycles. The van der Waals surface area contributed by atoms with Crippen LogP contribution in [0.25, 0.3) is 10.9 Å². The van der Waals surface area contributed by atoms with Crippen LogP contribution in [0, 0.1) is 0 Å². The van der Waals surface area contributed by atoms with Gasteiger partial charge in [0.25, 0.3) is 11.5 Å². The van der Waals surface area contributed by atoms with Crippen molar-refractivity contribution < 1.29 is 19.1 Å². The van der Waals surface area contributed by atoms with Crippen molar-refractivity contribution in [3.8, 4) is 5.75 Å². The van der Waals surface area contributed by atoms with E-state index in [1.807, 2.05) is 6.07 Å². The van der Waals surface area contributed by atoms with Crippen LogP contribution < -0.4 is 15.6 Å². The molecule has 0 radical (unpaired) electrons. The summed E-state index contributed by atoms with van der Waals surface area (Å²) >= 11 is 0. The molecule has 4 aromatic rings. The van der Waals surface area contributed by atoms with Gasteiger partial charge in [-0.1, -0.05) is 42.8 Å². The Kier molecular flexibility index (Phi) is 6.98. The second kappa shape index (κ2) is 10.7. The van der Waals surface area contributed by atoms with Gasteiger partial charge < -0.3 is 14.8 Å². The minimum absolute atomic E-state index is 0.0957. The number of hydrogen-bond acceptors (Lipinski definition) is 6. The van der Waals surface area contributed by atoms with Crippen LogP contribution >= 0.6 is 0 Å². The Morgan fingerprint density at radius 1 is 0.973 bits per heavy atom. The molecule has 1 aromatic heterocycles. The zero-order valence-corrected chi connectivity index (χ0v) is 20.5. The fourth-order valence-corrected chi connectivity index (χ4v) is 4.53. The average Bonchev–Trinajstić information content (AvgIpc) is 3.17. The number of methoxy groups -OCH3 is 1. The van der Waals surface area contributed by atoms with Gasteiger partial charge in [-0.2, -0.15) is 0 Å². The topological polar surface area (TPSA) is 99.5 Å². The van der Waals surface area contributed by atoms with Crippen LogP contribution in [0.2, 0.25) is 0 Å². The van der Waals surface area contributed by atoms with Crippen molar-refractivity contribution >= 4 is 28.5 Å². The lowest BCUT2D eigenvalue weighted by Gasteiger charge is -2.18. The first-order chi connectivity index (χ1) is 18.0. The molecule has 1 unspecified atom stereocenters. The molecule has 188 valence electrons. The van der Waals surface area contributed by atoms with Gasteiger partial charge in [-0.05, 0) is 43.2 Å². The van der Waals surface area contributed by atoms with Crippen LogP contribution in [-0.2, 0) is 22.5 Å². The molecule has 0 spiro atoms. The molecule has 5 rings (SSSR count). The van der Waals surface area contributed by atoms with E-state index < -0.39 is 18.0 Å². The molecule has 8 nitrogen and oxygen atoms in total. The third kappa shape index (κ3) is 5.23. The molecule has 1 amide bonds. The maximum absolute atomic E-state index is 13.2. The van der Waals surface area contributed by atoms with Crippen molar-refractivity contribution in [2.45, 2.75) is 38.3 Å². The molecule has 1 aliphatic heterocycles. The SMILES string of the molecule is COc1cccc(NC(=O)C(OC(=O)c2ccc3c(=O)n4c(nc3c2)CCCCC4)c2ccccc2)c1. The highest BCUT2D eigenvalue weighted by atomic mass is 16.5. The van der Waals surface area contributed by atoms with Crippen molar-refractivity contribution in [2.24, 2.45) is 0 Å². The van der Waals surface area contributed by atoms with E-state index in [0.29, 0.717) is 34.4 Å². The van der Waals surface area contributed by atoms with E-state index >= 15 is 0 Å². The minimum Gasteiger partial charge on any atom is -0.497 e. The van der Waals surface area contributed by atoms with E-state index in [9.17, 15) is 14.4 Å². The predicted molar refractivity (Wildman–Crippen MR) is 140 cm³/mol. The van der Waals surface area contributed by atoms with Gasteiger partial charge in [0.1, 0.15) is 11.6 Å². The summed E-state index contributed by atoms with van der Waals surface area (Å²) < 4.78 is 12.7. The smallest absolute Gasteiger partial charge is 0.339 e. The molecule has 1 aliphatic rings. The van der Waals surface area contributed by atoms with Crippen molar-refractivity contribution in [1.82, 2.24) is 9.55 Å². The number of aryl methyl sites for hydroxylation is 1. The van der Waals surface area contributed by atoms with E-state index in [2.05, 4.69) is 10.3 Å². The zero-order valence-electron chi connectivity index (χ0n) is 20.5. The summed E-state index contributed by atoms with van der Waals surface area (Å²) in [6.45, 7) is 0.655. The summed E-state index contributed by atoms with van der Waals surface area (Å²) in [6.07, 6.45) is 2.50. The van der Waals surface area contributed by atoms with E-state index in [4.69, 9.17) is 9.47 Å². The Bertz CT molecular complexity index is 1510. The molecule has 1 atom stereocenters. The molecule has 8 heteroatoms. The quantitative estimate of drug-likeness (QED) is 0.389. The Morgan fingerprint density at radius 3 is 2.62 bits per heavy atom. The van der Waals surface area contributed by atoms with Gasteiger partial charge in [0.2, 0.25) is 6.10 Å². The maximum atomic E-state index is 13.2. The molecule has 0 aliphatic carbocycles. The highest BCUT2D eigenvalue weighted by molar-refractivity contribution is 5.99. The van der Waals surface area contributed by atoms with Gasteiger partial charge in [-0.15, -0.1) is 0 Å². The fraction of sp³-hybridized carbons (Fsp3) is 0.241. The van der Waals surface area contributed by atoms with E-state index in [0.717, 1.165) is 31.5 Å². The number of fused-ring (bicyclic) bond motifs is 2. The molecule has 0 saturated carbocycles. The summed E-state index contributed by atoms with van der Waals surface area (Å²) in [4.78, 5) is 44.2.